The fourth-order valence-corrected chi connectivity index (χ4v) is 3.77. The highest BCUT2D eigenvalue weighted by Crippen LogP contribution is 2.35. The standard InChI is InChI=1S/C24H22ClN3O4S/c1-15(28-23(30)17-8-9-26-18(10-17)13-29)2-6-20-12-27-24(33-20)32-22-7-5-19(11-21(22)25)31-14-16-3-4-16/h2,5-13,15-16H,3-4,14H2,1H3,(H,28,30)/b6-2+/t15-/m0/s1. The van der Waals surface area contributed by atoms with Gasteiger partial charge in [0.2, 0.25) is 0 Å². The first kappa shape index (κ1) is 22.9. The van der Waals surface area contributed by atoms with Crippen molar-refractivity contribution in [2.24, 2.45) is 5.92 Å². The molecule has 0 bridgehead atoms. The van der Waals surface area contributed by atoms with Crippen LogP contribution in [0.4, 0.5) is 0 Å². The largest absolute Gasteiger partial charge is 0.493 e. The average molecular weight is 484 g/mol. The maximum absolute atomic E-state index is 12.3. The predicted molar refractivity (Wildman–Crippen MR) is 127 cm³/mol. The molecular weight excluding hydrogens is 462 g/mol. The highest BCUT2D eigenvalue weighted by molar-refractivity contribution is 7.14. The van der Waals surface area contributed by atoms with E-state index in [-0.39, 0.29) is 17.6 Å². The highest BCUT2D eigenvalue weighted by atomic mass is 35.5. The summed E-state index contributed by atoms with van der Waals surface area (Å²) in [5, 5.41) is 3.77. The Morgan fingerprint density at radius 2 is 2.15 bits per heavy atom. The number of rotatable bonds is 10. The van der Waals surface area contributed by atoms with Crippen LogP contribution in [-0.2, 0) is 0 Å². The minimum atomic E-state index is -0.287. The van der Waals surface area contributed by atoms with Crippen molar-refractivity contribution in [3.8, 4) is 16.7 Å². The molecular formula is C24H22ClN3O4S. The number of ether oxygens (including phenoxy) is 2. The third-order valence-electron chi connectivity index (χ3n) is 4.86. The van der Waals surface area contributed by atoms with Gasteiger partial charge < -0.3 is 14.8 Å². The number of aldehydes is 1. The van der Waals surface area contributed by atoms with Crippen molar-refractivity contribution in [1.29, 1.82) is 0 Å². The average Bonchev–Trinajstić information content (AvgIpc) is 3.55. The molecule has 170 valence electrons. The number of hydrogen-bond acceptors (Lipinski definition) is 7. The number of hydrogen-bond donors (Lipinski definition) is 1. The normalized spacial score (nSPS) is 14.1. The Kier molecular flexibility index (Phi) is 7.36. The number of thiazole rings is 1. The topological polar surface area (TPSA) is 90.4 Å². The minimum Gasteiger partial charge on any atom is -0.493 e. The number of nitrogens with one attached hydrogen (secondary N) is 1. The van der Waals surface area contributed by atoms with Crippen LogP contribution in [0.3, 0.4) is 0 Å². The van der Waals surface area contributed by atoms with Crippen molar-refractivity contribution in [1.82, 2.24) is 15.3 Å². The third kappa shape index (κ3) is 6.63. The van der Waals surface area contributed by atoms with Crippen LogP contribution in [-0.4, -0.2) is 34.8 Å². The Morgan fingerprint density at radius 3 is 2.91 bits per heavy atom. The van der Waals surface area contributed by atoms with Gasteiger partial charge in [-0.1, -0.05) is 29.0 Å². The van der Waals surface area contributed by atoms with Crippen LogP contribution >= 0.6 is 22.9 Å². The van der Waals surface area contributed by atoms with E-state index in [9.17, 15) is 9.59 Å². The molecule has 0 unspecified atom stereocenters. The maximum atomic E-state index is 12.3. The molecule has 1 saturated carbocycles. The van der Waals surface area contributed by atoms with Crippen molar-refractivity contribution >= 4 is 41.2 Å². The first-order chi connectivity index (χ1) is 16.0. The van der Waals surface area contributed by atoms with Crippen LogP contribution < -0.4 is 14.8 Å². The van der Waals surface area contributed by atoms with Crippen LogP contribution in [0, 0.1) is 5.92 Å². The minimum absolute atomic E-state index is 0.212. The molecule has 3 aromatic rings. The van der Waals surface area contributed by atoms with E-state index < -0.39 is 0 Å². The molecule has 33 heavy (non-hydrogen) atoms. The van der Waals surface area contributed by atoms with Gasteiger partial charge >= 0.3 is 0 Å². The second-order valence-electron chi connectivity index (χ2n) is 7.69. The van der Waals surface area contributed by atoms with Crippen molar-refractivity contribution < 1.29 is 19.1 Å². The zero-order valence-electron chi connectivity index (χ0n) is 17.9. The Labute approximate surface area is 200 Å². The Bertz CT molecular complexity index is 1180. The zero-order chi connectivity index (χ0) is 23.2. The number of carbonyl (C=O) groups is 2. The summed E-state index contributed by atoms with van der Waals surface area (Å²) >= 11 is 7.69. The first-order valence-electron chi connectivity index (χ1n) is 10.5. The number of aromatic nitrogens is 2. The van der Waals surface area contributed by atoms with Crippen LogP contribution in [0.15, 0.2) is 48.8 Å². The van der Waals surface area contributed by atoms with Gasteiger partial charge in [0.15, 0.2) is 6.29 Å². The van der Waals surface area contributed by atoms with Crippen molar-refractivity contribution in [2.45, 2.75) is 25.8 Å². The molecule has 0 spiro atoms. The maximum Gasteiger partial charge on any atom is 0.279 e. The van der Waals surface area contributed by atoms with Gasteiger partial charge in [0.05, 0.1) is 16.5 Å². The summed E-state index contributed by atoms with van der Waals surface area (Å²) in [6.07, 6.45) is 9.88. The molecule has 4 rings (SSSR count). The lowest BCUT2D eigenvalue weighted by Gasteiger charge is -2.09. The van der Waals surface area contributed by atoms with E-state index in [2.05, 4.69) is 15.3 Å². The summed E-state index contributed by atoms with van der Waals surface area (Å²) in [5.41, 5.74) is 0.588. The Hall–Kier alpha value is -3.23. The molecule has 1 aliphatic carbocycles. The summed E-state index contributed by atoms with van der Waals surface area (Å²) < 4.78 is 11.5. The van der Waals surface area contributed by atoms with E-state index in [4.69, 9.17) is 21.1 Å². The number of pyridine rings is 1. The molecule has 1 aromatic carbocycles. The summed E-state index contributed by atoms with van der Waals surface area (Å²) in [5.74, 6) is 1.62. The van der Waals surface area contributed by atoms with E-state index in [0.717, 1.165) is 17.2 Å². The second-order valence-corrected chi connectivity index (χ2v) is 9.12. The molecule has 2 aromatic heterocycles. The van der Waals surface area contributed by atoms with E-state index in [1.165, 1.54) is 36.4 Å². The Balaban J connectivity index is 1.31. The summed E-state index contributed by atoms with van der Waals surface area (Å²) in [7, 11) is 0. The summed E-state index contributed by atoms with van der Waals surface area (Å²) in [4.78, 5) is 32.2. The van der Waals surface area contributed by atoms with Gasteiger partial charge in [-0.05, 0) is 56.0 Å². The molecule has 1 atom stereocenters. The fraction of sp³-hybridized carbons (Fsp3) is 0.250. The molecule has 1 N–H and O–H groups in total. The zero-order valence-corrected chi connectivity index (χ0v) is 19.4. The lowest BCUT2D eigenvalue weighted by atomic mass is 10.2. The van der Waals surface area contributed by atoms with Crippen LogP contribution in [0.2, 0.25) is 5.02 Å². The van der Waals surface area contributed by atoms with Gasteiger partial charge in [0.25, 0.3) is 11.1 Å². The van der Waals surface area contributed by atoms with E-state index in [1.807, 2.05) is 25.1 Å². The van der Waals surface area contributed by atoms with Crippen LogP contribution in [0.1, 0.15) is 45.5 Å². The molecule has 0 radical (unpaired) electrons. The molecule has 0 saturated heterocycles. The van der Waals surface area contributed by atoms with E-state index in [1.54, 1.807) is 24.4 Å². The van der Waals surface area contributed by atoms with Gasteiger partial charge in [-0.25, -0.2) is 4.98 Å². The molecule has 1 fully saturated rings. The summed E-state index contributed by atoms with van der Waals surface area (Å²) in [6.45, 7) is 2.57. The van der Waals surface area contributed by atoms with Gasteiger partial charge in [-0.2, -0.15) is 0 Å². The number of halogens is 1. The molecule has 1 amide bonds. The molecule has 7 nitrogen and oxygen atoms in total. The van der Waals surface area contributed by atoms with Crippen molar-refractivity contribution in [3.05, 3.63) is 70.0 Å². The molecule has 9 heteroatoms. The van der Waals surface area contributed by atoms with Gasteiger partial charge in [-0.15, -0.1) is 0 Å². The lowest BCUT2D eigenvalue weighted by molar-refractivity contribution is 0.0947. The monoisotopic (exact) mass is 483 g/mol. The molecule has 0 aliphatic heterocycles. The second kappa shape index (κ2) is 10.6. The fourth-order valence-electron chi connectivity index (χ4n) is 2.87. The first-order valence-corrected chi connectivity index (χ1v) is 11.7. The summed E-state index contributed by atoms with van der Waals surface area (Å²) in [6, 6.07) is 8.12. The third-order valence-corrected chi connectivity index (χ3v) is 5.99. The number of benzene rings is 1. The van der Waals surface area contributed by atoms with Gasteiger partial charge in [0, 0.05) is 30.1 Å². The highest BCUT2D eigenvalue weighted by Gasteiger charge is 2.22. The van der Waals surface area contributed by atoms with Crippen molar-refractivity contribution in [3.63, 3.8) is 0 Å². The van der Waals surface area contributed by atoms with Crippen LogP contribution in [0.5, 0.6) is 16.7 Å². The smallest absolute Gasteiger partial charge is 0.279 e. The van der Waals surface area contributed by atoms with E-state index in [0.29, 0.717) is 33.7 Å². The van der Waals surface area contributed by atoms with E-state index >= 15 is 0 Å². The number of carbonyl (C=O) groups excluding carboxylic acids is 2. The SMILES string of the molecule is C[C@@H](/C=C/c1cnc(Oc2ccc(OCC3CC3)cc2Cl)s1)NC(=O)c1ccnc(C=O)c1. The van der Waals surface area contributed by atoms with Crippen molar-refractivity contribution in [2.75, 3.05) is 6.61 Å². The number of nitrogens with zero attached hydrogens (tertiary/aromatic N) is 2. The number of amides is 1. The Morgan fingerprint density at radius 1 is 1.30 bits per heavy atom. The lowest BCUT2D eigenvalue weighted by Crippen LogP contribution is -2.31. The molecule has 1 aliphatic rings. The van der Waals surface area contributed by atoms with Crippen LogP contribution in [0.25, 0.3) is 6.08 Å². The van der Waals surface area contributed by atoms with Gasteiger partial charge in [0.1, 0.15) is 17.2 Å². The molecule has 2 heterocycles. The quantitative estimate of drug-likeness (QED) is 0.387. The van der Waals surface area contributed by atoms with Gasteiger partial charge in [-0.3, -0.25) is 14.6 Å². The predicted octanol–water partition coefficient (Wildman–Crippen LogP) is 5.42.